The number of nitrogens with zero attached hydrogens (tertiary/aromatic N) is 3. The average Bonchev–Trinajstić information content (AvgIpc) is 3.65. The van der Waals surface area contributed by atoms with E-state index in [1.165, 1.54) is 0 Å². The van der Waals surface area contributed by atoms with Crippen molar-refractivity contribution in [3.05, 3.63) is 66.5 Å². The number of carbonyl (C=O) groups is 2. The summed E-state index contributed by atoms with van der Waals surface area (Å²) in [6.45, 7) is 0.666. The van der Waals surface area contributed by atoms with Crippen molar-refractivity contribution in [2.45, 2.75) is 12.3 Å². The minimum Gasteiger partial charge on any atom is -0.369 e. The molecule has 0 saturated heterocycles. The third-order valence-corrected chi connectivity index (χ3v) is 9.39. The number of fused-ring (bicyclic) bond motifs is 1. The molecule has 4 aromatic heterocycles. The maximum absolute atomic E-state index is 13.1. The second-order valence-electron chi connectivity index (χ2n) is 9.19. The fourth-order valence-corrected chi connectivity index (χ4v) is 6.15. The maximum Gasteiger partial charge on any atom is 0.267 e. The third-order valence-electron chi connectivity index (χ3n) is 6.84. The minimum absolute atomic E-state index is 0.0800. The predicted octanol–water partition coefficient (Wildman–Crippen LogP) is 3.03. The van der Waals surface area contributed by atoms with E-state index in [0.717, 1.165) is 30.6 Å². The van der Waals surface area contributed by atoms with Gasteiger partial charge >= 0.3 is 0 Å². The predicted molar refractivity (Wildman–Crippen MR) is 152 cm³/mol. The Morgan fingerprint density at radius 1 is 1.11 bits per heavy atom. The molecule has 0 radical (unpaired) electrons. The number of halogens is 3. The Labute approximate surface area is 242 Å². The third kappa shape index (κ3) is 5.14. The highest BCUT2D eigenvalue weighted by molar-refractivity contribution is 9.13. The summed E-state index contributed by atoms with van der Waals surface area (Å²) in [5, 5.41) is 6.12. The van der Waals surface area contributed by atoms with Gasteiger partial charge < -0.3 is 41.6 Å². The minimum atomic E-state index is -0.298. The first-order chi connectivity index (χ1) is 18.1. The van der Waals surface area contributed by atoms with Gasteiger partial charge in [-0.1, -0.05) is 0 Å². The number of nitrogens with one attached hydrogen (secondary N) is 5. The molecule has 200 valence electrons. The lowest BCUT2D eigenvalue weighted by atomic mass is 9.71. The molecule has 3 atom stereocenters. The molecule has 3 unspecified atom stereocenters. The van der Waals surface area contributed by atoms with Gasteiger partial charge in [-0.3, -0.25) is 9.59 Å². The zero-order valence-corrected chi connectivity index (χ0v) is 24.9. The van der Waals surface area contributed by atoms with Gasteiger partial charge in [-0.25, -0.2) is 9.97 Å². The van der Waals surface area contributed by atoms with E-state index in [1.807, 2.05) is 0 Å². The molecule has 0 bridgehead atoms. The quantitative estimate of drug-likeness (QED) is 0.154. The van der Waals surface area contributed by atoms with Crippen molar-refractivity contribution in [2.24, 2.45) is 18.9 Å². The van der Waals surface area contributed by atoms with E-state index in [2.05, 4.69) is 83.3 Å². The van der Waals surface area contributed by atoms with Crippen LogP contribution < -0.4 is 22.1 Å². The normalized spacial score (nSPS) is 18.8. The molecule has 9 N–H and O–H groups in total. The van der Waals surface area contributed by atoms with Gasteiger partial charge in [0, 0.05) is 48.1 Å². The molecule has 1 aliphatic rings. The van der Waals surface area contributed by atoms with Gasteiger partial charge in [-0.15, -0.1) is 0 Å². The van der Waals surface area contributed by atoms with E-state index >= 15 is 0 Å². The fraction of sp³-hybridized carbons (Fsp3) is 0.304. The topological polar surface area (TPSA) is 188 Å². The first-order valence-corrected chi connectivity index (χ1v) is 14.1. The van der Waals surface area contributed by atoms with Crippen LogP contribution in [0.3, 0.4) is 0 Å². The van der Waals surface area contributed by atoms with Crippen LogP contribution in [0.15, 0.2) is 38.1 Å². The van der Waals surface area contributed by atoms with Gasteiger partial charge in [0.25, 0.3) is 11.8 Å². The monoisotopic (exact) mass is 710 g/mol. The van der Waals surface area contributed by atoms with E-state index in [4.69, 9.17) is 11.5 Å². The van der Waals surface area contributed by atoms with Crippen LogP contribution in [-0.4, -0.2) is 54.4 Å². The van der Waals surface area contributed by atoms with Crippen LogP contribution in [-0.2, 0) is 13.5 Å². The van der Waals surface area contributed by atoms with Crippen LogP contribution in [0.1, 0.15) is 44.0 Å². The summed E-state index contributed by atoms with van der Waals surface area (Å²) in [5.74, 6) is -0.423. The maximum atomic E-state index is 13.1. The number of nitrogen functional groups attached to an aromatic ring is 2. The standard InChI is InChI=1S/C23H25Br3N10O2/c1-36-16(4-12(25)19(36)26)21(38)30-5-9-2-13-18(35-23(28)33-13)17(15-8-32-22(27)34-15)11(9)7-31-20(37)14-3-10(24)6-29-14/h3-4,6,8-9,11,17,29H,2,5,7H2,1H3,(H,30,38)(H,31,37)(H3,27,32,34)(H3,28,33,35). The lowest BCUT2D eigenvalue weighted by Crippen LogP contribution is -2.44. The number of carbonyl (C=O) groups excluding carboxylic acids is 2. The second kappa shape index (κ2) is 10.6. The Morgan fingerprint density at radius 3 is 2.50 bits per heavy atom. The summed E-state index contributed by atoms with van der Waals surface area (Å²) in [7, 11) is 1.81. The van der Waals surface area contributed by atoms with Crippen molar-refractivity contribution in [1.82, 2.24) is 40.1 Å². The number of H-pyrrole nitrogens is 3. The van der Waals surface area contributed by atoms with Crippen molar-refractivity contribution >= 4 is 71.5 Å². The highest BCUT2D eigenvalue weighted by Crippen LogP contribution is 2.42. The smallest absolute Gasteiger partial charge is 0.267 e. The van der Waals surface area contributed by atoms with E-state index in [-0.39, 0.29) is 35.5 Å². The summed E-state index contributed by atoms with van der Waals surface area (Å²) >= 11 is 10.3. The van der Waals surface area contributed by atoms with Crippen LogP contribution in [0.5, 0.6) is 0 Å². The Hall–Kier alpha value is -3.04. The summed E-state index contributed by atoms with van der Waals surface area (Å²) in [6.07, 6.45) is 3.95. The van der Waals surface area contributed by atoms with E-state index in [0.29, 0.717) is 36.8 Å². The molecular formula is C23H25Br3N10O2. The van der Waals surface area contributed by atoms with Gasteiger partial charge in [0.05, 0.1) is 21.0 Å². The van der Waals surface area contributed by atoms with E-state index in [1.54, 1.807) is 36.1 Å². The molecule has 0 fully saturated rings. The Kier molecular flexibility index (Phi) is 7.42. The first kappa shape index (κ1) is 26.6. The van der Waals surface area contributed by atoms with E-state index in [9.17, 15) is 9.59 Å². The number of nitrogens with two attached hydrogens (primary N) is 2. The largest absolute Gasteiger partial charge is 0.369 e. The highest BCUT2D eigenvalue weighted by Gasteiger charge is 2.41. The molecule has 0 aromatic carbocycles. The lowest BCUT2D eigenvalue weighted by Gasteiger charge is -2.37. The molecule has 4 aromatic rings. The number of aromatic amines is 3. The van der Waals surface area contributed by atoms with Crippen molar-refractivity contribution in [3.8, 4) is 0 Å². The van der Waals surface area contributed by atoms with E-state index < -0.39 is 0 Å². The molecular weight excluding hydrogens is 688 g/mol. The number of anilines is 2. The van der Waals surface area contributed by atoms with Crippen LogP contribution in [0.25, 0.3) is 0 Å². The van der Waals surface area contributed by atoms with Crippen LogP contribution in [0.4, 0.5) is 11.9 Å². The first-order valence-electron chi connectivity index (χ1n) is 11.7. The highest BCUT2D eigenvalue weighted by atomic mass is 79.9. The van der Waals surface area contributed by atoms with Crippen molar-refractivity contribution in [3.63, 3.8) is 0 Å². The van der Waals surface area contributed by atoms with Crippen molar-refractivity contribution in [2.75, 3.05) is 24.6 Å². The second-order valence-corrected chi connectivity index (χ2v) is 11.7. The van der Waals surface area contributed by atoms with Crippen molar-refractivity contribution < 1.29 is 9.59 Å². The Morgan fingerprint density at radius 2 is 1.87 bits per heavy atom. The van der Waals surface area contributed by atoms with Crippen LogP contribution in [0.2, 0.25) is 0 Å². The average molecular weight is 713 g/mol. The molecule has 0 aliphatic heterocycles. The lowest BCUT2D eigenvalue weighted by molar-refractivity contribution is 0.0904. The molecule has 4 heterocycles. The van der Waals surface area contributed by atoms with Crippen molar-refractivity contribution in [1.29, 1.82) is 0 Å². The summed E-state index contributed by atoms with van der Waals surface area (Å²) < 4.78 is 4.10. The number of hydrogen-bond donors (Lipinski definition) is 7. The Balaban J connectivity index is 1.44. The summed E-state index contributed by atoms with van der Waals surface area (Å²) in [6, 6.07) is 3.47. The zero-order valence-electron chi connectivity index (χ0n) is 20.1. The zero-order chi connectivity index (χ0) is 27.1. The molecule has 0 saturated carbocycles. The number of rotatable bonds is 7. The number of imidazole rings is 2. The molecule has 2 amide bonds. The van der Waals surface area contributed by atoms with Crippen LogP contribution in [0, 0.1) is 11.8 Å². The van der Waals surface area contributed by atoms with Gasteiger partial charge in [0.15, 0.2) is 11.9 Å². The van der Waals surface area contributed by atoms with Crippen LogP contribution >= 0.6 is 47.8 Å². The number of aromatic nitrogens is 6. The number of amides is 2. The molecule has 1 aliphatic carbocycles. The molecule has 0 spiro atoms. The van der Waals surface area contributed by atoms with Gasteiger partial charge in [0.2, 0.25) is 0 Å². The van der Waals surface area contributed by atoms with Gasteiger partial charge in [-0.05, 0) is 78.2 Å². The fourth-order valence-electron chi connectivity index (χ4n) is 5.02. The summed E-state index contributed by atoms with van der Waals surface area (Å²) in [5.41, 5.74) is 15.3. The number of hydrogen-bond acceptors (Lipinski definition) is 6. The van der Waals surface area contributed by atoms with Gasteiger partial charge in [0.1, 0.15) is 11.4 Å². The molecule has 5 rings (SSSR count). The molecule has 15 heteroatoms. The molecule has 12 nitrogen and oxygen atoms in total. The van der Waals surface area contributed by atoms with Gasteiger partial charge in [-0.2, -0.15) is 0 Å². The SMILES string of the molecule is Cn1c(C(=O)NCC2Cc3[nH]c(N)nc3C(c3cnc(N)[nH]3)C2CNC(=O)c2cc(Br)c[nH]2)cc(Br)c1Br. The summed E-state index contributed by atoms with van der Waals surface area (Å²) in [4.78, 5) is 44.0. The molecule has 38 heavy (non-hydrogen) atoms. The Bertz CT molecular complexity index is 1500.